The molecule has 0 amide bonds. The minimum absolute atomic E-state index is 0.164. The summed E-state index contributed by atoms with van der Waals surface area (Å²) in [4.78, 5) is 0. The number of hydrogen-bond acceptors (Lipinski definition) is 1. The lowest BCUT2D eigenvalue weighted by Crippen LogP contribution is -2.52. The zero-order chi connectivity index (χ0) is 19.8. The van der Waals surface area contributed by atoms with Gasteiger partial charge < -0.3 is 17.6 Å². The molecule has 1 aromatic heterocycles. The van der Waals surface area contributed by atoms with Gasteiger partial charge in [0.1, 0.15) is 0 Å². The van der Waals surface area contributed by atoms with E-state index in [4.69, 9.17) is 5.73 Å². The van der Waals surface area contributed by atoms with Crippen LogP contribution in [0.1, 0.15) is 11.3 Å². The number of halogens is 8. The zero-order valence-electron chi connectivity index (χ0n) is 12.9. The SMILES string of the molecule is NC1=[N+]2C(=C(c3c(F)c(F)c(F)c(F)c3F)c3ccc(Br)n3[B-]2(F)F)C=C1. The third-order valence-electron chi connectivity index (χ3n) is 4.41. The Morgan fingerprint density at radius 2 is 1.44 bits per heavy atom. The first kappa shape index (κ1) is 17.9. The van der Waals surface area contributed by atoms with E-state index >= 15 is 0 Å². The maximum Gasteiger partial charge on any atom is 0.639 e. The Balaban J connectivity index is 2.20. The Bertz CT molecular complexity index is 1100. The second kappa shape index (κ2) is 5.50. The van der Waals surface area contributed by atoms with Crippen molar-refractivity contribution >= 4 is 34.3 Å². The predicted molar refractivity (Wildman–Crippen MR) is 86.3 cm³/mol. The number of hydrogen-bond donors (Lipinski definition) is 1. The highest BCUT2D eigenvalue weighted by Crippen LogP contribution is 2.43. The standard InChI is InChI=1S/C15H6BBrF7N3/c17-7-3-1-5-9(10-11(18)13(20)15(22)14(21)12(10)19)6-2-4-8(25)27(6)16(23,24)26(5)7/h1-4H,25H2. The summed E-state index contributed by atoms with van der Waals surface area (Å²) < 4.78 is 100. The zero-order valence-corrected chi connectivity index (χ0v) is 14.5. The van der Waals surface area contributed by atoms with Crippen molar-refractivity contribution in [3.63, 3.8) is 0 Å². The quantitative estimate of drug-likeness (QED) is 0.303. The Labute approximate surface area is 155 Å². The fraction of sp³-hybridized carbons (Fsp3) is 0. The van der Waals surface area contributed by atoms with Crippen LogP contribution in [0.2, 0.25) is 0 Å². The molecule has 4 rings (SSSR count). The van der Waals surface area contributed by atoms with E-state index in [-0.39, 0.29) is 4.60 Å². The molecule has 0 spiro atoms. The first-order valence-electron chi connectivity index (χ1n) is 7.34. The van der Waals surface area contributed by atoms with Gasteiger partial charge in [-0.25, -0.2) is 22.0 Å². The van der Waals surface area contributed by atoms with E-state index in [1.165, 1.54) is 6.07 Å². The van der Waals surface area contributed by atoms with Gasteiger partial charge in [0.2, 0.25) is 11.7 Å². The molecule has 2 aromatic rings. The van der Waals surface area contributed by atoms with Crippen LogP contribution in [-0.4, -0.2) is 21.8 Å². The van der Waals surface area contributed by atoms with E-state index < -0.39 is 64.4 Å². The molecule has 3 nitrogen and oxygen atoms in total. The summed E-state index contributed by atoms with van der Waals surface area (Å²) in [6.07, 6.45) is 2.08. The van der Waals surface area contributed by atoms with Crippen LogP contribution in [0.5, 0.6) is 0 Å². The average molecular weight is 452 g/mol. The molecule has 2 N–H and O–H groups in total. The maximum absolute atomic E-state index is 15.0. The highest BCUT2D eigenvalue weighted by Gasteiger charge is 2.50. The van der Waals surface area contributed by atoms with Crippen LogP contribution in [-0.2, 0) is 0 Å². The van der Waals surface area contributed by atoms with Gasteiger partial charge in [-0.05, 0) is 34.1 Å². The van der Waals surface area contributed by atoms with E-state index in [9.17, 15) is 30.6 Å². The number of fused-ring (bicyclic) bond motifs is 2. The van der Waals surface area contributed by atoms with E-state index in [1.807, 2.05) is 0 Å². The Morgan fingerprint density at radius 1 is 0.889 bits per heavy atom. The van der Waals surface area contributed by atoms with Crippen LogP contribution >= 0.6 is 15.9 Å². The molecule has 0 atom stereocenters. The summed E-state index contributed by atoms with van der Waals surface area (Å²) in [5.41, 5.74) is 2.76. The number of nitrogens with zero attached hydrogens (tertiary/aromatic N) is 2. The fourth-order valence-electron chi connectivity index (χ4n) is 3.28. The number of aromatic nitrogens is 1. The molecular formula is C15H6BBrF7N3. The van der Waals surface area contributed by atoms with Crippen molar-refractivity contribution in [2.75, 3.05) is 0 Å². The third kappa shape index (κ3) is 2.13. The molecule has 12 heteroatoms. The van der Waals surface area contributed by atoms with Crippen molar-refractivity contribution in [1.82, 2.24) is 4.48 Å². The molecule has 0 saturated carbocycles. The van der Waals surface area contributed by atoms with Crippen molar-refractivity contribution in [2.24, 2.45) is 5.73 Å². The van der Waals surface area contributed by atoms with Crippen LogP contribution < -0.4 is 5.73 Å². The van der Waals surface area contributed by atoms with Crippen LogP contribution in [0.3, 0.4) is 0 Å². The average Bonchev–Trinajstić information content (AvgIpc) is 3.19. The van der Waals surface area contributed by atoms with E-state index in [1.54, 1.807) is 0 Å². The van der Waals surface area contributed by atoms with Gasteiger partial charge in [-0.2, -0.15) is 0 Å². The van der Waals surface area contributed by atoms with E-state index in [0.717, 1.165) is 18.2 Å². The highest BCUT2D eigenvalue weighted by molar-refractivity contribution is 9.10. The molecule has 27 heavy (non-hydrogen) atoms. The molecule has 0 unspecified atom stereocenters. The maximum atomic E-state index is 15.0. The molecule has 2 aliphatic heterocycles. The molecule has 0 bridgehead atoms. The second-order valence-corrected chi connectivity index (χ2v) is 6.65. The van der Waals surface area contributed by atoms with Gasteiger partial charge in [-0.1, -0.05) is 0 Å². The topological polar surface area (TPSA) is 34.0 Å². The minimum Gasteiger partial charge on any atom is -0.414 e. The van der Waals surface area contributed by atoms with E-state index in [2.05, 4.69) is 15.9 Å². The number of nitrogens with two attached hydrogens (primary N) is 1. The van der Waals surface area contributed by atoms with Gasteiger partial charge in [-0.15, -0.1) is 0 Å². The summed E-state index contributed by atoms with van der Waals surface area (Å²) in [5, 5.41) is 0. The number of rotatable bonds is 1. The molecule has 0 fully saturated rings. The Kier molecular flexibility index (Phi) is 3.65. The van der Waals surface area contributed by atoms with Gasteiger partial charge in [0.15, 0.2) is 23.3 Å². The summed E-state index contributed by atoms with van der Waals surface area (Å²) in [6, 6.07) is 2.25. The largest absolute Gasteiger partial charge is 0.639 e. The molecule has 140 valence electrons. The first-order valence-corrected chi connectivity index (χ1v) is 8.13. The summed E-state index contributed by atoms with van der Waals surface area (Å²) in [6.45, 7) is -4.58. The molecule has 0 saturated heterocycles. The van der Waals surface area contributed by atoms with Gasteiger partial charge in [0.05, 0.1) is 21.4 Å². The number of allylic oxidation sites excluding steroid dienone is 1. The fourth-order valence-corrected chi connectivity index (χ4v) is 3.85. The van der Waals surface area contributed by atoms with Gasteiger partial charge in [0, 0.05) is 11.8 Å². The summed E-state index contributed by atoms with van der Waals surface area (Å²) >= 11 is 2.91. The van der Waals surface area contributed by atoms with Crippen LogP contribution in [0.4, 0.5) is 30.6 Å². The lowest BCUT2D eigenvalue weighted by molar-refractivity contribution is -0.362. The van der Waals surface area contributed by atoms with Crippen molar-refractivity contribution in [3.05, 3.63) is 74.9 Å². The van der Waals surface area contributed by atoms with Crippen molar-refractivity contribution in [3.8, 4) is 0 Å². The summed E-state index contributed by atoms with van der Waals surface area (Å²) in [7, 11) is 0. The van der Waals surface area contributed by atoms with Gasteiger partial charge in [-0.3, -0.25) is 5.73 Å². The van der Waals surface area contributed by atoms with Gasteiger partial charge >= 0.3 is 6.97 Å². The van der Waals surface area contributed by atoms with Crippen LogP contribution in [0.25, 0.3) is 5.57 Å². The number of benzene rings is 1. The molecule has 0 aliphatic carbocycles. The minimum atomic E-state index is -4.58. The van der Waals surface area contributed by atoms with Crippen molar-refractivity contribution < 1.29 is 35.1 Å². The summed E-state index contributed by atoms with van der Waals surface area (Å²) in [5.74, 6) is -11.4. The van der Waals surface area contributed by atoms with Crippen LogP contribution in [0, 0.1) is 29.1 Å². The molecule has 3 heterocycles. The predicted octanol–water partition coefficient (Wildman–Crippen LogP) is 3.88. The smallest absolute Gasteiger partial charge is 0.414 e. The molecule has 2 aliphatic rings. The molecule has 0 radical (unpaired) electrons. The highest BCUT2D eigenvalue weighted by atomic mass is 79.9. The van der Waals surface area contributed by atoms with Crippen LogP contribution in [0.15, 0.2) is 34.6 Å². The number of amidine groups is 1. The Hall–Kier alpha value is -2.50. The Morgan fingerprint density at radius 3 is 2.04 bits per heavy atom. The molecular weight excluding hydrogens is 446 g/mol. The van der Waals surface area contributed by atoms with Crippen molar-refractivity contribution in [2.45, 2.75) is 0 Å². The lowest BCUT2D eigenvalue weighted by atomic mass is 9.86. The molecule has 1 aromatic carbocycles. The monoisotopic (exact) mass is 451 g/mol. The van der Waals surface area contributed by atoms with Crippen molar-refractivity contribution in [1.29, 1.82) is 0 Å². The van der Waals surface area contributed by atoms with E-state index in [0.29, 0.717) is 8.96 Å². The second-order valence-electron chi connectivity index (χ2n) is 5.83. The normalized spacial score (nSPS) is 17.6. The van der Waals surface area contributed by atoms with Gasteiger partial charge in [0.25, 0.3) is 0 Å². The third-order valence-corrected chi connectivity index (χ3v) is 5.06. The first-order chi connectivity index (χ1) is 12.6. The lowest BCUT2D eigenvalue weighted by Gasteiger charge is -2.35.